The van der Waals surface area contributed by atoms with E-state index in [4.69, 9.17) is 0 Å². The average molecular weight is 326 g/mol. The molecule has 0 spiro atoms. The second kappa shape index (κ2) is 5.92. The largest absolute Gasteiger partial charge is 0.481 e. The topological polar surface area (TPSA) is 45.5 Å². The van der Waals surface area contributed by atoms with Gasteiger partial charge in [-0.25, -0.2) is 0 Å². The van der Waals surface area contributed by atoms with Gasteiger partial charge in [-0.1, -0.05) is 25.1 Å². The minimum atomic E-state index is -0.706. The predicted octanol–water partition coefficient (Wildman–Crippen LogP) is 3.25. The molecule has 128 valence electrons. The lowest BCUT2D eigenvalue weighted by Crippen LogP contribution is -2.46. The predicted molar refractivity (Wildman–Crippen MR) is 95.3 cm³/mol. The van der Waals surface area contributed by atoms with Gasteiger partial charge in [0.25, 0.3) is 0 Å². The van der Waals surface area contributed by atoms with Crippen molar-refractivity contribution in [1.82, 2.24) is 9.47 Å². The Labute approximate surface area is 143 Å². The van der Waals surface area contributed by atoms with Gasteiger partial charge in [0.1, 0.15) is 0 Å². The number of para-hydroxylation sites is 1. The lowest BCUT2D eigenvalue weighted by molar-refractivity contribution is -0.141. The third-order valence-corrected chi connectivity index (χ3v) is 6.20. The van der Waals surface area contributed by atoms with E-state index in [1.807, 2.05) is 6.92 Å². The number of carboxylic acids is 1. The number of aliphatic carboxylic acids is 1. The van der Waals surface area contributed by atoms with Crippen LogP contribution in [0.15, 0.2) is 24.3 Å². The Morgan fingerprint density at radius 1 is 1.29 bits per heavy atom. The smallest absolute Gasteiger partial charge is 0.306 e. The summed E-state index contributed by atoms with van der Waals surface area (Å²) in [6, 6.07) is 8.46. The van der Waals surface area contributed by atoms with E-state index in [1.165, 1.54) is 48.1 Å². The molecule has 24 heavy (non-hydrogen) atoms. The van der Waals surface area contributed by atoms with Gasteiger partial charge in [-0.3, -0.25) is 4.79 Å². The maximum absolute atomic E-state index is 11.4. The van der Waals surface area contributed by atoms with Crippen LogP contribution >= 0.6 is 0 Å². The van der Waals surface area contributed by atoms with Gasteiger partial charge >= 0.3 is 5.97 Å². The fraction of sp³-hybridized carbons (Fsp3) is 0.550. The van der Waals surface area contributed by atoms with E-state index >= 15 is 0 Å². The second-order valence-electron chi connectivity index (χ2n) is 7.63. The number of carboxylic acid groups (broad SMARTS) is 1. The van der Waals surface area contributed by atoms with E-state index in [2.05, 4.69) is 40.8 Å². The normalized spacial score (nSPS) is 27.5. The van der Waals surface area contributed by atoms with E-state index in [0.29, 0.717) is 12.3 Å². The molecule has 3 aliphatic heterocycles. The van der Waals surface area contributed by atoms with Crippen LogP contribution in [-0.4, -0.2) is 40.2 Å². The molecule has 1 aromatic carbocycles. The molecule has 0 amide bonds. The zero-order valence-corrected chi connectivity index (χ0v) is 14.5. The summed E-state index contributed by atoms with van der Waals surface area (Å²) in [4.78, 5) is 14.0. The highest BCUT2D eigenvalue weighted by Gasteiger charge is 2.38. The molecular formula is C20H26N2O2. The lowest BCUT2D eigenvalue weighted by Gasteiger charge is -2.45. The van der Waals surface area contributed by atoms with Crippen molar-refractivity contribution in [3.8, 4) is 0 Å². The zero-order valence-electron chi connectivity index (χ0n) is 14.5. The summed E-state index contributed by atoms with van der Waals surface area (Å²) in [7, 11) is 2.16. The number of hydrogen-bond acceptors (Lipinski definition) is 2. The Kier molecular flexibility index (Phi) is 3.87. The number of aromatic nitrogens is 1. The first-order valence-corrected chi connectivity index (χ1v) is 9.07. The van der Waals surface area contributed by atoms with E-state index < -0.39 is 5.97 Å². The molecule has 2 atom stereocenters. The molecule has 3 fully saturated rings. The Hall–Kier alpha value is -1.81. The van der Waals surface area contributed by atoms with E-state index in [-0.39, 0.29) is 5.92 Å². The van der Waals surface area contributed by atoms with Gasteiger partial charge < -0.3 is 14.6 Å². The molecule has 3 saturated heterocycles. The Morgan fingerprint density at radius 2 is 2.00 bits per heavy atom. The highest BCUT2D eigenvalue weighted by atomic mass is 16.4. The fourth-order valence-corrected chi connectivity index (χ4v) is 4.85. The van der Waals surface area contributed by atoms with Gasteiger partial charge in [0.15, 0.2) is 0 Å². The van der Waals surface area contributed by atoms with Crippen LogP contribution in [0.25, 0.3) is 10.9 Å². The van der Waals surface area contributed by atoms with Crippen LogP contribution in [0.3, 0.4) is 0 Å². The molecule has 1 N–H and O–H groups in total. The van der Waals surface area contributed by atoms with Crippen LogP contribution in [0, 0.1) is 11.8 Å². The van der Waals surface area contributed by atoms with E-state index in [0.717, 1.165) is 12.5 Å². The number of carbonyl (C=O) groups is 1. The molecule has 4 heteroatoms. The lowest BCUT2D eigenvalue weighted by atomic mass is 9.76. The van der Waals surface area contributed by atoms with Crippen LogP contribution < -0.4 is 0 Å². The van der Waals surface area contributed by atoms with Crippen LogP contribution in [0.4, 0.5) is 0 Å². The summed E-state index contributed by atoms with van der Waals surface area (Å²) < 4.78 is 2.34. The Morgan fingerprint density at radius 3 is 2.62 bits per heavy atom. The molecule has 2 aromatic rings. The SMILES string of the molecule is CC(Cc1c(C2CN3CCC2CC3)n(C)c2ccccc12)C(=O)O. The van der Waals surface area contributed by atoms with Gasteiger partial charge in [0.2, 0.25) is 0 Å². The molecule has 4 heterocycles. The van der Waals surface area contributed by atoms with Crippen molar-refractivity contribution in [2.45, 2.75) is 32.1 Å². The maximum Gasteiger partial charge on any atom is 0.306 e. The quantitative estimate of drug-likeness (QED) is 0.938. The minimum Gasteiger partial charge on any atom is -0.481 e. The van der Waals surface area contributed by atoms with Crippen LogP contribution in [0.5, 0.6) is 0 Å². The molecule has 0 aliphatic carbocycles. The Balaban J connectivity index is 1.84. The molecule has 5 rings (SSSR count). The molecule has 3 aliphatic rings. The number of nitrogens with zero attached hydrogens (tertiary/aromatic N) is 2. The van der Waals surface area contributed by atoms with Gasteiger partial charge in [0, 0.05) is 36.1 Å². The summed E-state index contributed by atoms with van der Waals surface area (Å²) >= 11 is 0. The third-order valence-electron chi connectivity index (χ3n) is 6.20. The minimum absolute atomic E-state index is 0.351. The summed E-state index contributed by atoms with van der Waals surface area (Å²) in [6.45, 7) is 5.41. The van der Waals surface area contributed by atoms with Crippen LogP contribution in [0.1, 0.15) is 36.9 Å². The van der Waals surface area contributed by atoms with Crippen molar-refractivity contribution in [3.05, 3.63) is 35.5 Å². The molecular weight excluding hydrogens is 300 g/mol. The number of piperidine rings is 3. The van der Waals surface area contributed by atoms with Gasteiger partial charge in [0.05, 0.1) is 5.92 Å². The molecule has 4 nitrogen and oxygen atoms in total. The van der Waals surface area contributed by atoms with Gasteiger partial charge in [-0.05, 0) is 49.9 Å². The average Bonchev–Trinajstić information content (AvgIpc) is 2.88. The van der Waals surface area contributed by atoms with E-state index in [1.54, 1.807) is 0 Å². The molecule has 1 aromatic heterocycles. The third kappa shape index (κ3) is 2.44. The van der Waals surface area contributed by atoms with E-state index in [9.17, 15) is 9.90 Å². The highest BCUT2D eigenvalue weighted by Crippen LogP contribution is 2.43. The van der Waals surface area contributed by atoms with Crippen molar-refractivity contribution in [3.63, 3.8) is 0 Å². The first kappa shape index (κ1) is 15.7. The zero-order chi connectivity index (χ0) is 16.8. The molecule has 2 unspecified atom stereocenters. The number of hydrogen-bond donors (Lipinski definition) is 1. The van der Waals surface area contributed by atoms with Gasteiger partial charge in [-0.15, -0.1) is 0 Å². The number of aryl methyl sites for hydroxylation is 1. The van der Waals surface area contributed by atoms with Crippen LogP contribution in [0.2, 0.25) is 0 Å². The summed E-state index contributed by atoms with van der Waals surface area (Å²) in [5.74, 6) is 0.233. The van der Waals surface area contributed by atoms with Crippen molar-refractivity contribution in [1.29, 1.82) is 0 Å². The number of fused-ring (bicyclic) bond motifs is 4. The van der Waals surface area contributed by atoms with Crippen LogP contribution in [-0.2, 0) is 18.3 Å². The first-order chi connectivity index (χ1) is 11.6. The maximum atomic E-state index is 11.4. The first-order valence-electron chi connectivity index (χ1n) is 9.07. The molecule has 2 bridgehead atoms. The fourth-order valence-electron chi connectivity index (χ4n) is 4.85. The molecule has 0 saturated carbocycles. The molecule has 0 radical (unpaired) electrons. The summed E-state index contributed by atoms with van der Waals surface area (Å²) in [5.41, 5.74) is 3.89. The standard InChI is InChI=1S/C20H26N2O2/c1-13(20(23)24)11-16-15-5-3-4-6-18(15)21(2)19(16)17-12-22-9-7-14(17)8-10-22/h3-6,13-14,17H,7-12H2,1-2H3,(H,23,24). The summed E-state index contributed by atoms with van der Waals surface area (Å²) in [5, 5.41) is 10.6. The van der Waals surface area contributed by atoms with Crippen molar-refractivity contribution >= 4 is 16.9 Å². The second-order valence-corrected chi connectivity index (χ2v) is 7.63. The van der Waals surface area contributed by atoms with Crippen molar-refractivity contribution < 1.29 is 9.90 Å². The van der Waals surface area contributed by atoms with Crippen molar-refractivity contribution in [2.24, 2.45) is 18.9 Å². The number of benzene rings is 1. The number of rotatable bonds is 4. The monoisotopic (exact) mass is 326 g/mol. The Bertz CT molecular complexity index is 771. The highest BCUT2D eigenvalue weighted by molar-refractivity contribution is 5.86. The van der Waals surface area contributed by atoms with Crippen molar-refractivity contribution in [2.75, 3.05) is 19.6 Å². The summed E-state index contributed by atoms with van der Waals surface area (Å²) in [6.07, 6.45) is 3.18. The van der Waals surface area contributed by atoms with Gasteiger partial charge in [-0.2, -0.15) is 0 Å².